The maximum Gasteiger partial charge on any atom is 0.171 e. The summed E-state index contributed by atoms with van der Waals surface area (Å²) in [7, 11) is 0. The van der Waals surface area contributed by atoms with Gasteiger partial charge >= 0.3 is 0 Å². The van der Waals surface area contributed by atoms with Gasteiger partial charge in [0.25, 0.3) is 0 Å². The van der Waals surface area contributed by atoms with Gasteiger partial charge in [0.05, 0.1) is 0 Å². The molecule has 1 aromatic heterocycles. The molecular weight excluding hydrogens is 218 g/mol. The molecule has 0 fully saturated rings. The minimum atomic E-state index is 1.18. The summed E-state index contributed by atoms with van der Waals surface area (Å²) < 4.78 is 2.35. The highest BCUT2D eigenvalue weighted by Gasteiger charge is 2.02. The quantitative estimate of drug-likeness (QED) is 0.439. The highest BCUT2D eigenvalue weighted by atomic mass is 14.9. The van der Waals surface area contributed by atoms with Crippen LogP contribution in [-0.4, -0.2) is 0 Å². The Morgan fingerprint density at radius 1 is 0.778 bits per heavy atom. The smallest absolute Gasteiger partial charge is 0.171 e. The van der Waals surface area contributed by atoms with Crippen molar-refractivity contribution in [1.82, 2.24) is 0 Å². The number of hydrogen-bond acceptors (Lipinski definition) is 0. The highest BCUT2D eigenvalue weighted by molar-refractivity contribution is 5.11. The van der Waals surface area contributed by atoms with E-state index in [-0.39, 0.29) is 0 Å². The van der Waals surface area contributed by atoms with Crippen LogP contribution in [0.3, 0.4) is 0 Å². The summed E-state index contributed by atoms with van der Waals surface area (Å²) in [5.74, 6) is 0. The fourth-order valence-corrected chi connectivity index (χ4v) is 2.55. The molecule has 0 aromatic carbocycles. The van der Waals surface area contributed by atoms with Crippen molar-refractivity contribution in [2.45, 2.75) is 78.7 Å². The lowest BCUT2D eigenvalue weighted by Crippen LogP contribution is -2.33. The van der Waals surface area contributed by atoms with Crippen LogP contribution in [0.1, 0.15) is 69.4 Å². The zero-order chi connectivity index (χ0) is 13.2. The second-order valence-corrected chi connectivity index (χ2v) is 5.60. The molecule has 1 heteroatoms. The SMILES string of the molecule is CCCCCCCCCC[n+]1cc(C)cc(C)c1. The molecule has 102 valence electrons. The Bertz CT molecular complexity index is 310. The highest BCUT2D eigenvalue weighted by Crippen LogP contribution is 2.08. The molecule has 0 atom stereocenters. The molecule has 0 aliphatic carbocycles. The lowest BCUT2D eigenvalue weighted by Gasteiger charge is -2.01. The van der Waals surface area contributed by atoms with Gasteiger partial charge in [-0.25, -0.2) is 4.57 Å². The van der Waals surface area contributed by atoms with Crippen LogP contribution >= 0.6 is 0 Å². The maximum atomic E-state index is 2.35. The fourth-order valence-electron chi connectivity index (χ4n) is 2.55. The molecule has 1 rings (SSSR count). The molecule has 18 heavy (non-hydrogen) atoms. The predicted molar refractivity (Wildman–Crippen MR) is 78.7 cm³/mol. The zero-order valence-corrected chi connectivity index (χ0v) is 12.5. The Balaban J connectivity index is 2.07. The number of nitrogens with zero attached hydrogens (tertiary/aromatic N) is 1. The van der Waals surface area contributed by atoms with E-state index < -0.39 is 0 Å². The topological polar surface area (TPSA) is 3.88 Å². The van der Waals surface area contributed by atoms with Gasteiger partial charge in [-0.15, -0.1) is 0 Å². The van der Waals surface area contributed by atoms with Gasteiger partial charge < -0.3 is 0 Å². The van der Waals surface area contributed by atoms with Gasteiger partial charge in [-0.3, -0.25) is 0 Å². The number of aromatic nitrogens is 1. The first-order valence-corrected chi connectivity index (χ1v) is 7.69. The minimum Gasteiger partial charge on any atom is -0.205 e. The van der Waals surface area contributed by atoms with Crippen LogP contribution in [0.25, 0.3) is 0 Å². The van der Waals surface area contributed by atoms with Crippen LogP contribution in [0.4, 0.5) is 0 Å². The number of aryl methyl sites for hydroxylation is 3. The third-order valence-corrected chi connectivity index (χ3v) is 3.46. The Hall–Kier alpha value is -0.850. The fraction of sp³-hybridized carbons (Fsp3) is 0.706. The number of hydrogen-bond donors (Lipinski definition) is 0. The summed E-state index contributed by atoms with van der Waals surface area (Å²) in [6.07, 6.45) is 15.7. The third kappa shape index (κ3) is 6.78. The Labute approximate surface area is 113 Å². The van der Waals surface area contributed by atoms with Crippen LogP contribution in [0.5, 0.6) is 0 Å². The molecule has 0 saturated heterocycles. The summed E-state index contributed by atoms with van der Waals surface area (Å²) in [4.78, 5) is 0. The third-order valence-electron chi connectivity index (χ3n) is 3.46. The lowest BCUT2D eigenvalue weighted by molar-refractivity contribution is -0.698. The van der Waals surface area contributed by atoms with Crippen molar-refractivity contribution in [3.63, 3.8) is 0 Å². The number of unbranched alkanes of at least 4 members (excludes halogenated alkanes) is 7. The molecular formula is C17H30N+. The van der Waals surface area contributed by atoms with Gasteiger partial charge in [0.15, 0.2) is 12.4 Å². The first kappa shape index (κ1) is 15.2. The average molecular weight is 248 g/mol. The zero-order valence-electron chi connectivity index (χ0n) is 12.5. The van der Waals surface area contributed by atoms with E-state index in [1.54, 1.807) is 0 Å². The van der Waals surface area contributed by atoms with E-state index in [0.717, 1.165) is 0 Å². The van der Waals surface area contributed by atoms with Gasteiger partial charge in [-0.05, 0) is 26.3 Å². The Morgan fingerprint density at radius 3 is 1.83 bits per heavy atom. The normalized spacial score (nSPS) is 10.8. The van der Waals surface area contributed by atoms with Crippen molar-refractivity contribution in [2.24, 2.45) is 0 Å². The maximum absolute atomic E-state index is 2.35. The molecule has 0 aliphatic rings. The minimum absolute atomic E-state index is 1.18. The molecule has 1 aromatic rings. The van der Waals surface area contributed by atoms with Crippen molar-refractivity contribution >= 4 is 0 Å². The Kier molecular flexibility index (Phi) is 7.71. The number of rotatable bonds is 9. The van der Waals surface area contributed by atoms with Gasteiger partial charge in [-0.1, -0.05) is 45.4 Å². The monoisotopic (exact) mass is 248 g/mol. The molecule has 0 saturated carbocycles. The van der Waals surface area contributed by atoms with Crippen molar-refractivity contribution in [3.05, 3.63) is 29.6 Å². The summed E-state index contributed by atoms with van der Waals surface area (Å²) in [5.41, 5.74) is 2.74. The van der Waals surface area contributed by atoms with Crippen LogP contribution in [0.2, 0.25) is 0 Å². The van der Waals surface area contributed by atoms with Crippen LogP contribution < -0.4 is 4.57 Å². The Morgan fingerprint density at radius 2 is 1.28 bits per heavy atom. The first-order valence-electron chi connectivity index (χ1n) is 7.69. The van der Waals surface area contributed by atoms with Crippen molar-refractivity contribution < 1.29 is 4.57 Å². The lowest BCUT2D eigenvalue weighted by atomic mass is 10.1. The van der Waals surface area contributed by atoms with E-state index >= 15 is 0 Å². The van der Waals surface area contributed by atoms with Crippen molar-refractivity contribution in [2.75, 3.05) is 0 Å². The summed E-state index contributed by atoms with van der Waals surface area (Å²) >= 11 is 0. The van der Waals surface area contributed by atoms with Gasteiger partial charge in [0.1, 0.15) is 6.54 Å². The van der Waals surface area contributed by atoms with Gasteiger partial charge in [-0.2, -0.15) is 0 Å². The molecule has 1 nitrogen and oxygen atoms in total. The van der Waals surface area contributed by atoms with Gasteiger partial charge in [0.2, 0.25) is 0 Å². The van der Waals surface area contributed by atoms with E-state index in [2.05, 4.69) is 43.8 Å². The summed E-state index contributed by atoms with van der Waals surface area (Å²) in [6, 6.07) is 2.24. The second-order valence-electron chi connectivity index (χ2n) is 5.60. The van der Waals surface area contributed by atoms with Crippen molar-refractivity contribution in [3.8, 4) is 0 Å². The molecule has 0 unspecified atom stereocenters. The standard InChI is InChI=1S/C17H30N/c1-4-5-6-7-8-9-10-11-12-18-14-16(2)13-17(3)15-18/h13-15H,4-12H2,1-3H3/q+1. The molecule has 0 N–H and O–H groups in total. The van der Waals surface area contributed by atoms with Crippen LogP contribution in [0.15, 0.2) is 18.5 Å². The molecule has 0 radical (unpaired) electrons. The molecule has 0 aliphatic heterocycles. The molecule has 1 heterocycles. The molecule has 0 bridgehead atoms. The van der Waals surface area contributed by atoms with Crippen LogP contribution in [0, 0.1) is 13.8 Å². The molecule has 0 spiro atoms. The second kappa shape index (κ2) is 9.13. The first-order chi connectivity index (χ1) is 8.72. The van der Waals surface area contributed by atoms with E-state index in [4.69, 9.17) is 0 Å². The van der Waals surface area contributed by atoms with E-state index in [0.29, 0.717) is 0 Å². The molecule has 0 amide bonds. The predicted octanol–water partition coefficient (Wildman–Crippen LogP) is 4.73. The van der Waals surface area contributed by atoms with E-state index in [1.807, 2.05) is 0 Å². The van der Waals surface area contributed by atoms with Gasteiger partial charge in [0, 0.05) is 17.5 Å². The number of pyridine rings is 1. The average Bonchev–Trinajstić information content (AvgIpc) is 2.31. The van der Waals surface area contributed by atoms with Crippen molar-refractivity contribution in [1.29, 1.82) is 0 Å². The summed E-state index contributed by atoms with van der Waals surface area (Å²) in [5, 5.41) is 0. The van der Waals surface area contributed by atoms with Crippen LogP contribution in [-0.2, 0) is 6.54 Å². The van der Waals surface area contributed by atoms with E-state index in [9.17, 15) is 0 Å². The largest absolute Gasteiger partial charge is 0.205 e. The summed E-state index contributed by atoms with van der Waals surface area (Å²) in [6.45, 7) is 7.81. The van der Waals surface area contributed by atoms with E-state index in [1.165, 1.54) is 69.0 Å².